The van der Waals surface area contributed by atoms with Gasteiger partial charge in [-0.05, 0) is 24.1 Å². The second-order valence-corrected chi connectivity index (χ2v) is 12.6. The van der Waals surface area contributed by atoms with Crippen LogP contribution in [-0.2, 0) is 15.4 Å². The predicted molar refractivity (Wildman–Crippen MR) is 84.1 cm³/mol. The van der Waals surface area contributed by atoms with Crippen LogP contribution in [0.2, 0.25) is 18.1 Å². The minimum absolute atomic E-state index is 0.241. The zero-order valence-corrected chi connectivity index (χ0v) is 14.8. The third-order valence-corrected chi connectivity index (χ3v) is 9.06. The summed E-state index contributed by atoms with van der Waals surface area (Å²) >= 11 is 0. The van der Waals surface area contributed by atoms with Gasteiger partial charge in [-0.3, -0.25) is 0 Å². The Bertz CT molecular complexity index is 296. The lowest BCUT2D eigenvalue weighted by molar-refractivity contribution is 0.299. The third-order valence-electron chi connectivity index (χ3n) is 3.18. The lowest BCUT2D eigenvalue weighted by Crippen LogP contribution is -2.41. The number of rotatable bonds is 7. The van der Waals surface area contributed by atoms with Crippen molar-refractivity contribution in [3.05, 3.63) is 0 Å². The molecule has 0 saturated heterocycles. The maximum atomic E-state index is 11.5. The van der Waals surface area contributed by atoms with Crippen LogP contribution in [0.15, 0.2) is 4.40 Å². The smallest absolute Gasteiger partial charge is 0.191 e. The van der Waals surface area contributed by atoms with Gasteiger partial charge < -0.3 is 4.43 Å². The van der Waals surface area contributed by atoms with Crippen LogP contribution in [0.5, 0.6) is 0 Å². The Balaban J connectivity index is 3.94. The highest BCUT2D eigenvalue weighted by Crippen LogP contribution is 2.36. The molecule has 108 valence electrons. The van der Waals surface area contributed by atoms with Gasteiger partial charge in [0.1, 0.15) is 11.0 Å². The zero-order chi connectivity index (χ0) is 14.4. The first-order valence-corrected chi connectivity index (χ1v) is 10.8. The molecule has 0 fully saturated rings. The van der Waals surface area contributed by atoms with Gasteiger partial charge in [0.25, 0.3) is 0 Å². The molecule has 1 unspecified atom stereocenters. The molecule has 0 rings (SSSR count). The van der Waals surface area contributed by atoms with Gasteiger partial charge in [0, 0.05) is 25.0 Å². The van der Waals surface area contributed by atoms with Crippen LogP contribution >= 0.6 is 0 Å². The molecule has 0 radical (unpaired) electrons. The Morgan fingerprint density at radius 1 is 1.33 bits per heavy atom. The lowest BCUT2D eigenvalue weighted by Gasteiger charge is -2.36. The van der Waals surface area contributed by atoms with Gasteiger partial charge in [0.05, 0.1) is 0 Å². The van der Waals surface area contributed by atoms with Crippen molar-refractivity contribution in [1.29, 1.82) is 0 Å². The van der Waals surface area contributed by atoms with E-state index in [1.54, 1.807) is 6.21 Å². The summed E-state index contributed by atoms with van der Waals surface area (Å²) in [5, 5.41) is 0.241. The molecule has 5 heteroatoms. The van der Waals surface area contributed by atoms with E-state index in [1.807, 2.05) is 13.8 Å². The van der Waals surface area contributed by atoms with E-state index in [4.69, 9.17) is 4.43 Å². The molecule has 0 aliphatic rings. The number of hydrogen-bond donors (Lipinski definition) is 0. The second kappa shape index (κ2) is 7.55. The van der Waals surface area contributed by atoms with Gasteiger partial charge in [-0.15, -0.1) is 0 Å². The van der Waals surface area contributed by atoms with E-state index in [0.717, 1.165) is 6.42 Å². The standard InChI is InChI=1S/C13H29NO2SSi/c1-12(2)11-17(15)14-9-8-10-16-18(6,7)13(3,4)5/h9,12H,8,10-11H2,1-7H3. The van der Waals surface area contributed by atoms with Gasteiger partial charge in [-0.25, -0.2) is 8.61 Å². The Kier molecular flexibility index (Phi) is 7.55. The lowest BCUT2D eigenvalue weighted by atomic mass is 10.2. The first-order chi connectivity index (χ1) is 8.06. The van der Waals surface area contributed by atoms with Crippen LogP contribution in [0.25, 0.3) is 0 Å². The minimum Gasteiger partial charge on any atom is -0.416 e. The van der Waals surface area contributed by atoms with E-state index in [1.165, 1.54) is 0 Å². The second-order valence-electron chi connectivity index (χ2n) is 6.57. The van der Waals surface area contributed by atoms with Gasteiger partial charge in [-0.2, -0.15) is 0 Å². The first-order valence-electron chi connectivity index (χ1n) is 6.61. The zero-order valence-electron chi connectivity index (χ0n) is 12.9. The Morgan fingerprint density at radius 2 is 1.89 bits per heavy atom. The van der Waals surface area contributed by atoms with E-state index >= 15 is 0 Å². The van der Waals surface area contributed by atoms with Crippen LogP contribution < -0.4 is 0 Å². The molecule has 0 spiro atoms. The summed E-state index contributed by atoms with van der Waals surface area (Å²) in [4.78, 5) is 0. The summed E-state index contributed by atoms with van der Waals surface area (Å²) in [6.45, 7) is 15.9. The van der Waals surface area contributed by atoms with Crippen LogP contribution in [0, 0.1) is 5.92 Å². The monoisotopic (exact) mass is 291 g/mol. The van der Waals surface area contributed by atoms with Crippen molar-refractivity contribution < 1.29 is 8.63 Å². The summed E-state index contributed by atoms with van der Waals surface area (Å²) in [7, 11) is -2.71. The van der Waals surface area contributed by atoms with E-state index in [2.05, 4.69) is 38.3 Å². The number of hydrogen-bond acceptors (Lipinski definition) is 2. The van der Waals surface area contributed by atoms with Crippen molar-refractivity contribution in [2.75, 3.05) is 12.4 Å². The van der Waals surface area contributed by atoms with Crippen LogP contribution in [-0.4, -0.2) is 31.1 Å². The molecule has 0 aromatic carbocycles. The van der Waals surface area contributed by atoms with Crippen molar-refractivity contribution >= 4 is 25.5 Å². The van der Waals surface area contributed by atoms with Gasteiger partial charge >= 0.3 is 0 Å². The SMILES string of the molecule is CC(C)CS(=O)N=CCCO[Si](C)(C)C(C)(C)C. The van der Waals surface area contributed by atoms with Gasteiger partial charge in [-0.1, -0.05) is 34.6 Å². The summed E-state index contributed by atoms with van der Waals surface area (Å²) in [6, 6.07) is 0. The molecule has 0 heterocycles. The van der Waals surface area contributed by atoms with E-state index in [9.17, 15) is 4.21 Å². The maximum Gasteiger partial charge on any atom is 0.191 e. The fraction of sp³-hybridized carbons (Fsp3) is 0.923. The molecule has 0 aromatic rings. The Labute approximate surface area is 116 Å². The van der Waals surface area contributed by atoms with Crippen molar-refractivity contribution in [3.8, 4) is 0 Å². The molecule has 0 bridgehead atoms. The normalized spacial score (nSPS) is 15.6. The Morgan fingerprint density at radius 3 is 2.33 bits per heavy atom. The summed E-state index contributed by atoms with van der Waals surface area (Å²) in [6.07, 6.45) is 2.49. The van der Waals surface area contributed by atoms with E-state index < -0.39 is 19.3 Å². The molecular weight excluding hydrogens is 262 g/mol. The van der Waals surface area contributed by atoms with E-state index in [0.29, 0.717) is 18.3 Å². The summed E-state index contributed by atoms with van der Waals surface area (Å²) < 4.78 is 21.5. The molecule has 3 nitrogen and oxygen atoms in total. The van der Waals surface area contributed by atoms with Gasteiger partial charge in [0.15, 0.2) is 8.32 Å². The van der Waals surface area contributed by atoms with Crippen molar-refractivity contribution in [3.63, 3.8) is 0 Å². The molecule has 18 heavy (non-hydrogen) atoms. The minimum atomic E-state index is -1.65. The van der Waals surface area contributed by atoms with E-state index in [-0.39, 0.29) is 5.04 Å². The van der Waals surface area contributed by atoms with Crippen LogP contribution in [0.4, 0.5) is 0 Å². The number of nitrogens with zero attached hydrogens (tertiary/aromatic N) is 1. The third kappa shape index (κ3) is 7.44. The molecule has 0 aliphatic heterocycles. The molecule has 0 aromatic heterocycles. The highest BCUT2D eigenvalue weighted by Gasteiger charge is 2.36. The highest BCUT2D eigenvalue weighted by molar-refractivity contribution is 7.83. The quantitative estimate of drug-likeness (QED) is 0.407. The largest absolute Gasteiger partial charge is 0.416 e. The van der Waals surface area contributed by atoms with Crippen molar-refractivity contribution in [2.24, 2.45) is 10.3 Å². The van der Waals surface area contributed by atoms with Crippen LogP contribution in [0.1, 0.15) is 41.0 Å². The van der Waals surface area contributed by atoms with Gasteiger partial charge in [0.2, 0.25) is 0 Å². The van der Waals surface area contributed by atoms with Crippen molar-refractivity contribution in [1.82, 2.24) is 0 Å². The average molecular weight is 292 g/mol. The average Bonchev–Trinajstić information content (AvgIpc) is 2.13. The maximum absolute atomic E-state index is 11.5. The highest BCUT2D eigenvalue weighted by atomic mass is 32.2. The molecule has 0 saturated carbocycles. The molecule has 0 N–H and O–H groups in total. The fourth-order valence-corrected chi connectivity index (χ4v) is 3.04. The topological polar surface area (TPSA) is 38.7 Å². The molecule has 0 amide bonds. The predicted octanol–water partition coefficient (Wildman–Crippen LogP) is 3.79. The molecule has 0 aliphatic carbocycles. The van der Waals surface area contributed by atoms with Crippen molar-refractivity contribution in [2.45, 2.75) is 59.2 Å². The molecule has 1 atom stereocenters. The van der Waals surface area contributed by atoms with Crippen LogP contribution in [0.3, 0.4) is 0 Å². The summed E-state index contributed by atoms with van der Waals surface area (Å²) in [5.41, 5.74) is 0. The Hall–Kier alpha value is -0.00312. The molecular formula is C13H29NO2SSi. The summed E-state index contributed by atoms with van der Waals surface area (Å²) in [5.74, 6) is 1.06. The fourth-order valence-electron chi connectivity index (χ4n) is 1.05. The first kappa shape index (κ1) is 18.0.